The number of rotatable bonds is 11. The second kappa shape index (κ2) is 15.3. The van der Waals surface area contributed by atoms with Gasteiger partial charge in [0.05, 0.1) is 4.90 Å². The molecule has 274 valence electrons. The molecule has 0 saturated carbocycles. The molecule has 4 aromatic rings. The summed E-state index contributed by atoms with van der Waals surface area (Å²) in [7, 11) is -1.55. The molecule has 3 aromatic carbocycles. The summed E-state index contributed by atoms with van der Waals surface area (Å²) in [5, 5.41) is 8.97. The largest absolute Gasteiger partial charge is 0.371 e. The zero-order valence-electron chi connectivity index (χ0n) is 30.3. The number of hydrogen-bond acceptors (Lipinski definition) is 10. The van der Waals surface area contributed by atoms with Crippen molar-refractivity contribution in [3.8, 4) is 0 Å². The number of anilines is 6. The number of aromatic nitrogens is 2. The molecular weight excluding hydrogens is 679 g/mol. The van der Waals surface area contributed by atoms with E-state index in [1.807, 2.05) is 37.3 Å². The smallest absolute Gasteiger partial charge is 0.328 e. The summed E-state index contributed by atoms with van der Waals surface area (Å²) in [6.07, 6.45) is 4.03. The number of nitrogens with one attached hydrogen (secondary N) is 4. The molecule has 0 spiro atoms. The average molecular weight is 726 g/mol. The third kappa shape index (κ3) is 9.05. The first-order valence-corrected chi connectivity index (χ1v) is 19.0. The molecule has 3 heterocycles. The van der Waals surface area contributed by atoms with Gasteiger partial charge in [0.25, 0.3) is 0 Å². The van der Waals surface area contributed by atoms with Crippen LogP contribution in [-0.2, 0) is 21.4 Å². The number of benzene rings is 3. The van der Waals surface area contributed by atoms with E-state index < -0.39 is 15.6 Å². The van der Waals surface area contributed by atoms with Crippen molar-refractivity contribution in [2.24, 2.45) is 0 Å². The molecule has 14 heteroatoms. The van der Waals surface area contributed by atoms with E-state index in [-0.39, 0.29) is 16.8 Å². The minimum atomic E-state index is -3.69. The Kier molecular flexibility index (Phi) is 10.8. The van der Waals surface area contributed by atoms with Crippen molar-refractivity contribution in [3.63, 3.8) is 0 Å². The van der Waals surface area contributed by atoms with Gasteiger partial charge in [0, 0.05) is 78.7 Å². The predicted octanol–water partition coefficient (Wildman–Crippen LogP) is 5.90. The van der Waals surface area contributed by atoms with E-state index in [1.54, 1.807) is 56.1 Å². The van der Waals surface area contributed by atoms with Crippen molar-refractivity contribution in [1.82, 2.24) is 24.9 Å². The molecule has 4 N–H and O–H groups in total. The Labute approximate surface area is 305 Å². The first kappa shape index (κ1) is 36.7. The van der Waals surface area contributed by atoms with Gasteiger partial charge in [-0.3, -0.25) is 19.9 Å². The maximum atomic E-state index is 12.9. The first-order chi connectivity index (χ1) is 24.7. The van der Waals surface area contributed by atoms with Gasteiger partial charge in [-0.2, -0.15) is 4.98 Å². The van der Waals surface area contributed by atoms with Gasteiger partial charge < -0.3 is 15.5 Å². The number of nitrogens with zero attached hydrogens (tertiary/aromatic N) is 5. The molecule has 1 aromatic heterocycles. The van der Waals surface area contributed by atoms with Crippen LogP contribution in [-0.4, -0.2) is 73.5 Å². The summed E-state index contributed by atoms with van der Waals surface area (Å²) in [6.45, 7) is 10.2. The molecule has 2 aliphatic heterocycles. The van der Waals surface area contributed by atoms with Gasteiger partial charge in [0.1, 0.15) is 5.82 Å². The Bertz CT molecular complexity index is 2020. The van der Waals surface area contributed by atoms with Gasteiger partial charge in [0.15, 0.2) is 0 Å². The summed E-state index contributed by atoms with van der Waals surface area (Å²) >= 11 is 0. The highest BCUT2D eigenvalue weighted by Crippen LogP contribution is 2.29. The van der Waals surface area contributed by atoms with Gasteiger partial charge in [-0.25, -0.2) is 22.9 Å². The Morgan fingerprint density at radius 2 is 1.65 bits per heavy atom. The minimum absolute atomic E-state index is 0.167. The highest BCUT2D eigenvalue weighted by atomic mass is 32.2. The fraction of sp³-hybridized carbons (Fsp3) is 0.368. The summed E-state index contributed by atoms with van der Waals surface area (Å²) in [5.41, 5.74) is 4.71. The van der Waals surface area contributed by atoms with Crippen molar-refractivity contribution < 1.29 is 18.0 Å². The summed E-state index contributed by atoms with van der Waals surface area (Å²) in [6, 6.07) is 22.8. The molecule has 0 aliphatic carbocycles. The first-order valence-electron chi connectivity index (χ1n) is 17.5. The maximum Gasteiger partial charge on any atom is 0.328 e. The second-order valence-electron chi connectivity index (χ2n) is 14.4. The van der Waals surface area contributed by atoms with E-state index in [4.69, 9.17) is 0 Å². The summed E-state index contributed by atoms with van der Waals surface area (Å²) in [5.74, 6) is 0.748. The number of aryl methyl sites for hydroxylation is 1. The molecular formula is C38H47N9O4S. The third-order valence-corrected chi connectivity index (χ3v) is 10.9. The van der Waals surface area contributed by atoms with Crippen LogP contribution in [0.4, 0.5) is 39.3 Å². The third-order valence-electron chi connectivity index (χ3n) is 9.15. The van der Waals surface area contributed by atoms with E-state index >= 15 is 0 Å². The molecule has 0 bridgehead atoms. The number of imide groups is 1. The zero-order chi connectivity index (χ0) is 37.0. The summed E-state index contributed by atoms with van der Waals surface area (Å²) in [4.78, 5) is 39.9. The number of hydrogen-bond donors (Lipinski definition) is 4. The highest BCUT2D eigenvalue weighted by molar-refractivity contribution is 7.89. The molecule has 13 nitrogen and oxygen atoms in total. The number of sulfonamides is 1. The molecule has 2 aliphatic rings. The quantitative estimate of drug-likeness (QED) is 0.147. The van der Waals surface area contributed by atoms with Gasteiger partial charge in [0.2, 0.25) is 21.9 Å². The van der Waals surface area contributed by atoms with Crippen LogP contribution < -0.4 is 30.5 Å². The van der Waals surface area contributed by atoms with E-state index in [1.165, 1.54) is 0 Å². The van der Waals surface area contributed by atoms with Crippen molar-refractivity contribution in [2.75, 3.05) is 47.1 Å². The lowest BCUT2D eigenvalue weighted by atomic mass is 10.0. The topological polar surface area (TPSA) is 152 Å². The minimum Gasteiger partial charge on any atom is -0.371 e. The number of para-hydroxylation sites is 1. The van der Waals surface area contributed by atoms with Gasteiger partial charge in [-0.05, 0) is 102 Å². The van der Waals surface area contributed by atoms with Crippen LogP contribution in [0.15, 0.2) is 83.9 Å². The lowest BCUT2D eigenvalue weighted by Gasteiger charge is -2.38. The molecule has 2 saturated heterocycles. The van der Waals surface area contributed by atoms with E-state index in [0.717, 1.165) is 54.1 Å². The van der Waals surface area contributed by atoms with Crippen LogP contribution in [0, 0.1) is 6.92 Å². The lowest BCUT2D eigenvalue weighted by Crippen LogP contribution is -2.50. The average Bonchev–Trinajstić information content (AvgIpc) is 3.10. The predicted molar refractivity (Wildman–Crippen MR) is 205 cm³/mol. The van der Waals surface area contributed by atoms with Gasteiger partial charge >= 0.3 is 6.03 Å². The van der Waals surface area contributed by atoms with E-state index in [2.05, 4.69) is 65.7 Å². The van der Waals surface area contributed by atoms with Crippen molar-refractivity contribution in [3.05, 3.63) is 90.1 Å². The SMILES string of the molecule is Cc1cnc(Nc2ccc(N3CCC(N(C)Cc4ccccc4N4CCC(=O)NC4=O)CC3)cc2)nc1Nc1cccc(S(=O)(=O)NC(C)(C)C)c1. The molecule has 3 amide bonds. The highest BCUT2D eigenvalue weighted by Gasteiger charge is 2.28. The van der Waals surface area contributed by atoms with Crippen LogP contribution >= 0.6 is 0 Å². The van der Waals surface area contributed by atoms with Crippen LogP contribution in [0.1, 0.15) is 51.2 Å². The monoisotopic (exact) mass is 725 g/mol. The molecule has 2 fully saturated rings. The molecule has 0 atom stereocenters. The van der Waals surface area contributed by atoms with Gasteiger partial charge in [-0.1, -0.05) is 24.3 Å². The summed E-state index contributed by atoms with van der Waals surface area (Å²) < 4.78 is 28.4. The fourth-order valence-electron chi connectivity index (χ4n) is 6.52. The maximum absolute atomic E-state index is 12.9. The lowest BCUT2D eigenvalue weighted by molar-refractivity contribution is -0.120. The van der Waals surface area contributed by atoms with Crippen molar-refractivity contribution in [1.29, 1.82) is 0 Å². The molecule has 0 radical (unpaired) electrons. The molecule has 0 unspecified atom stereocenters. The Morgan fingerprint density at radius 3 is 2.37 bits per heavy atom. The van der Waals surface area contributed by atoms with Gasteiger partial charge in [-0.15, -0.1) is 0 Å². The van der Waals surface area contributed by atoms with E-state index in [9.17, 15) is 18.0 Å². The number of piperidine rings is 1. The second-order valence-corrected chi connectivity index (χ2v) is 16.1. The fourth-order valence-corrected chi connectivity index (χ4v) is 7.98. The number of urea groups is 1. The number of amides is 3. The Hall–Kier alpha value is -5.05. The zero-order valence-corrected chi connectivity index (χ0v) is 31.1. The number of carbonyl (C=O) groups is 2. The van der Waals surface area contributed by atoms with Crippen molar-refractivity contribution >= 4 is 56.5 Å². The van der Waals surface area contributed by atoms with Crippen molar-refractivity contribution in [2.45, 2.75) is 70.0 Å². The molecule has 6 rings (SSSR count). The van der Waals surface area contributed by atoms with Crippen LogP contribution in [0.25, 0.3) is 0 Å². The Morgan fingerprint density at radius 1 is 0.923 bits per heavy atom. The molecule has 52 heavy (non-hydrogen) atoms. The van der Waals surface area contributed by atoms with Crippen LogP contribution in [0.5, 0.6) is 0 Å². The Balaban J connectivity index is 1.04. The van der Waals surface area contributed by atoms with Crippen LogP contribution in [0.2, 0.25) is 0 Å². The number of carbonyl (C=O) groups excluding carboxylic acids is 2. The van der Waals surface area contributed by atoms with Crippen LogP contribution in [0.3, 0.4) is 0 Å². The standard InChI is InChI=1S/C38H47N9O4S/c1-26-24-39-36(43-35(26)40-29-10-8-11-32(23-29)52(50,51)44-38(2,3)4)41-28-13-15-31(16-14-28)46-20-17-30(18-21-46)45(5)25-27-9-6-7-12-33(27)47-22-19-34(48)42-37(47)49/h6-16,23-24,30,44H,17-22,25H2,1-5H3,(H,42,48,49)(H2,39,40,41,43). The normalized spacial score (nSPS) is 15.9. The van der Waals surface area contributed by atoms with E-state index in [0.29, 0.717) is 43.0 Å².